The van der Waals surface area contributed by atoms with Crippen molar-refractivity contribution in [1.29, 1.82) is 0 Å². The van der Waals surface area contributed by atoms with Crippen LogP contribution < -0.4 is 16.0 Å². The number of nitrogens with two attached hydrogens (primary N) is 1. The van der Waals surface area contributed by atoms with E-state index < -0.39 is 76.2 Å². The molecule has 42 heavy (non-hydrogen) atoms. The Hall–Kier alpha value is -3.68. The minimum absolute atomic E-state index is 0.0310. The van der Waals surface area contributed by atoms with Gasteiger partial charge in [0.05, 0.1) is 17.5 Å². The number of primary amides is 1. The van der Waals surface area contributed by atoms with Crippen molar-refractivity contribution >= 4 is 40.6 Å². The lowest BCUT2D eigenvalue weighted by Crippen LogP contribution is -2.74. The van der Waals surface area contributed by atoms with Crippen molar-refractivity contribution < 1.29 is 43.7 Å². The van der Waals surface area contributed by atoms with E-state index in [0.717, 1.165) is 6.42 Å². The fourth-order valence-corrected chi connectivity index (χ4v) is 7.32. The van der Waals surface area contributed by atoms with Gasteiger partial charge in [-0.3, -0.25) is 33.7 Å². The molecule has 3 fully saturated rings. The number of likely N-dealkylation sites (N-methyl/N-ethyl adjacent to an activating group) is 1. The van der Waals surface area contributed by atoms with E-state index in [0.29, 0.717) is 24.3 Å². The number of nitrogens with zero attached hydrogens (tertiary/aromatic N) is 2. The number of amides is 2. The first kappa shape index (κ1) is 29.8. The van der Waals surface area contributed by atoms with Crippen LogP contribution >= 0.6 is 0 Å². The number of hydrogen-bond donors (Lipinski definition) is 4. The molecule has 13 nitrogen and oxygen atoms in total. The second kappa shape index (κ2) is 10.5. The van der Waals surface area contributed by atoms with Crippen LogP contribution in [-0.4, -0.2) is 103 Å². The van der Waals surface area contributed by atoms with E-state index in [4.69, 9.17) is 10.5 Å². The highest BCUT2D eigenvalue weighted by Crippen LogP contribution is 2.52. The summed E-state index contributed by atoms with van der Waals surface area (Å²) in [6.45, 7) is 0.378. The molecule has 4 aliphatic rings. The lowest BCUT2D eigenvalue weighted by Gasteiger charge is -2.52. The monoisotopic (exact) mass is 584 g/mol. The van der Waals surface area contributed by atoms with E-state index in [2.05, 4.69) is 5.32 Å². The Morgan fingerprint density at radius 3 is 2.40 bits per heavy atom. The first-order valence-corrected chi connectivity index (χ1v) is 14.0. The number of nitrogens with one attached hydrogen (secondary N) is 1. The largest absolute Gasteiger partial charge is 0.507 e. The van der Waals surface area contributed by atoms with E-state index in [1.807, 2.05) is 0 Å². The number of phenols is 1. The van der Waals surface area contributed by atoms with Gasteiger partial charge in [0.25, 0.3) is 0 Å². The van der Waals surface area contributed by atoms with Crippen molar-refractivity contribution in [3.05, 3.63) is 22.8 Å². The van der Waals surface area contributed by atoms with Crippen LogP contribution in [0.5, 0.6) is 5.75 Å². The summed E-state index contributed by atoms with van der Waals surface area (Å²) in [5, 5.41) is 25.8. The second-order valence-corrected chi connectivity index (χ2v) is 12.2. The quantitative estimate of drug-likeness (QED) is 0.291. The van der Waals surface area contributed by atoms with Crippen molar-refractivity contribution in [3.8, 4) is 5.75 Å². The Bertz CT molecular complexity index is 1400. The average molecular weight is 585 g/mol. The maximum Gasteiger partial charge on any atom is 0.249 e. The Morgan fingerprint density at radius 1 is 1.14 bits per heavy atom. The summed E-state index contributed by atoms with van der Waals surface area (Å²) < 4.78 is 5.41. The number of carbonyl (C=O) groups excluding carboxylic acids is 6. The lowest BCUT2D eigenvalue weighted by atomic mass is 9.52. The smallest absolute Gasteiger partial charge is 0.249 e. The third kappa shape index (κ3) is 4.33. The van der Waals surface area contributed by atoms with E-state index in [1.54, 1.807) is 25.1 Å². The van der Waals surface area contributed by atoms with Gasteiger partial charge in [0.15, 0.2) is 34.7 Å². The number of ether oxygens (including phenoxy) is 1. The van der Waals surface area contributed by atoms with Crippen LogP contribution in [-0.2, 0) is 41.7 Å². The zero-order valence-corrected chi connectivity index (χ0v) is 24.0. The second-order valence-electron chi connectivity index (χ2n) is 12.2. The number of benzene rings is 1. The van der Waals surface area contributed by atoms with Gasteiger partial charge in [-0.2, -0.15) is 0 Å². The average Bonchev–Trinajstić information content (AvgIpc) is 3.45. The number of aliphatic hydroxyl groups is 1. The number of hydrogen-bond acceptors (Lipinski definition) is 11. The third-order valence-corrected chi connectivity index (χ3v) is 9.27. The first-order valence-electron chi connectivity index (χ1n) is 14.0. The predicted molar refractivity (Wildman–Crippen MR) is 147 cm³/mol. The fourth-order valence-electron chi connectivity index (χ4n) is 7.32. The molecule has 2 amide bonds. The van der Waals surface area contributed by atoms with Gasteiger partial charge in [0.1, 0.15) is 11.9 Å². The number of rotatable bonds is 6. The summed E-state index contributed by atoms with van der Waals surface area (Å²) in [6.07, 6.45) is 0.863. The number of carbonyl (C=O) groups is 6. The van der Waals surface area contributed by atoms with Crippen molar-refractivity contribution in [2.24, 2.45) is 29.4 Å². The molecule has 7 atom stereocenters. The van der Waals surface area contributed by atoms with Crippen molar-refractivity contribution in [2.45, 2.75) is 50.0 Å². The van der Waals surface area contributed by atoms with Gasteiger partial charge in [0.2, 0.25) is 11.8 Å². The number of fused-ring (bicyclic) bond motifs is 3. The molecule has 1 aromatic rings. The molecule has 226 valence electrons. The predicted octanol–water partition coefficient (Wildman–Crippen LogP) is -1.27. The Morgan fingerprint density at radius 2 is 1.83 bits per heavy atom. The molecule has 4 unspecified atom stereocenters. The number of aromatic hydroxyl groups is 1. The molecule has 1 aliphatic heterocycles. The van der Waals surface area contributed by atoms with Crippen LogP contribution in [0.3, 0.4) is 0 Å². The van der Waals surface area contributed by atoms with E-state index in [1.165, 1.54) is 19.0 Å². The fraction of sp³-hybridized carbons (Fsp3) is 0.586. The Labute approximate surface area is 242 Å². The van der Waals surface area contributed by atoms with Crippen LogP contribution in [0.15, 0.2) is 6.07 Å². The molecule has 1 saturated heterocycles. The van der Waals surface area contributed by atoms with Crippen LogP contribution in [0.4, 0.5) is 5.69 Å². The normalized spacial score (nSPS) is 32.3. The van der Waals surface area contributed by atoms with Gasteiger partial charge in [-0.1, -0.05) is 0 Å². The van der Waals surface area contributed by atoms with Gasteiger partial charge in [-0.25, -0.2) is 0 Å². The Balaban J connectivity index is 1.56. The van der Waals surface area contributed by atoms with Crippen LogP contribution in [0.25, 0.3) is 0 Å². The van der Waals surface area contributed by atoms with Gasteiger partial charge >= 0.3 is 0 Å². The third-order valence-electron chi connectivity index (χ3n) is 9.27. The zero-order chi connectivity index (χ0) is 30.8. The maximum absolute atomic E-state index is 14.1. The summed E-state index contributed by atoms with van der Waals surface area (Å²) in [5.41, 5.74) is 3.79. The topological polar surface area (TPSA) is 197 Å². The highest BCUT2D eigenvalue weighted by molar-refractivity contribution is 6.32. The number of Topliss-reactive ketones (excluding diaryl/α,β-unsaturated/α-hetero) is 4. The van der Waals surface area contributed by atoms with Crippen LogP contribution in [0, 0.1) is 23.7 Å². The van der Waals surface area contributed by atoms with Crippen molar-refractivity contribution in [3.63, 3.8) is 0 Å². The molecule has 3 aliphatic carbocycles. The molecule has 0 spiro atoms. The molecule has 13 heteroatoms. The molecular weight excluding hydrogens is 548 g/mol. The van der Waals surface area contributed by atoms with E-state index in [-0.39, 0.29) is 36.4 Å². The Kier molecular flexibility index (Phi) is 7.48. The van der Waals surface area contributed by atoms with Crippen LogP contribution in [0.2, 0.25) is 0 Å². The minimum Gasteiger partial charge on any atom is -0.507 e. The number of ketones is 4. The standard InChI is InChI=1S/C29H36N4O9/c1-32(2)16-10-13(11-31-28(40)17-6-5-7-42-17)22(34)19-14(16)8-12-9-15-21(33(3)4)24(36)20(27(30)39)26(38)29(15,41)25(37)18(12)23(19)35/h10,12,15,17-18,20-21,34,41H,5-9,11H2,1-4H3,(H2,30,39)(H,31,40)/t12-,15-,17?,18?,20?,21?,29-/m0/s1. The van der Waals surface area contributed by atoms with Crippen molar-refractivity contribution in [2.75, 3.05) is 39.7 Å². The molecule has 1 heterocycles. The van der Waals surface area contributed by atoms with Crippen molar-refractivity contribution in [1.82, 2.24) is 10.2 Å². The first-order chi connectivity index (χ1) is 19.7. The minimum atomic E-state index is -2.79. The highest BCUT2D eigenvalue weighted by atomic mass is 16.5. The number of anilines is 1. The molecule has 0 aromatic heterocycles. The molecule has 5 rings (SSSR count). The van der Waals surface area contributed by atoms with Gasteiger partial charge in [0, 0.05) is 44.4 Å². The molecule has 1 aromatic carbocycles. The van der Waals surface area contributed by atoms with Gasteiger partial charge in [-0.15, -0.1) is 0 Å². The maximum atomic E-state index is 14.1. The van der Waals surface area contributed by atoms with Gasteiger partial charge in [-0.05, 0) is 57.3 Å². The summed E-state index contributed by atoms with van der Waals surface area (Å²) in [6, 6.07) is 0.509. The SMILES string of the molecule is CN(C)c1cc(CNC(=O)C2CCCO2)c(O)c2c1C[C@H]1C[C@H]3C(N(C)C)C(=O)C(C(N)=O)C(=O)[C@@]3(O)C(=O)C1C2=O. The molecule has 0 radical (unpaired) electrons. The number of phenolic OH excluding ortho intramolecular Hbond substituents is 1. The lowest BCUT2D eigenvalue weighted by molar-refractivity contribution is -0.181. The molecule has 5 N–H and O–H groups in total. The summed E-state index contributed by atoms with van der Waals surface area (Å²) >= 11 is 0. The van der Waals surface area contributed by atoms with E-state index in [9.17, 15) is 39.0 Å². The molecule has 2 saturated carbocycles. The summed E-state index contributed by atoms with van der Waals surface area (Å²) in [4.78, 5) is 82.7. The van der Waals surface area contributed by atoms with Crippen LogP contribution in [0.1, 0.15) is 40.7 Å². The molecule has 0 bridgehead atoms. The highest BCUT2D eigenvalue weighted by Gasteiger charge is 2.69. The zero-order valence-electron chi connectivity index (χ0n) is 24.0. The van der Waals surface area contributed by atoms with E-state index >= 15 is 0 Å². The summed E-state index contributed by atoms with van der Waals surface area (Å²) in [5.74, 6) is -11.4. The molecular formula is C29H36N4O9. The summed E-state index contributed by atoms with van der Waals surface area (Å²) in [7, 11) is 6.59. The van der Waals surface area contributed by atoms with Gasteiger partial charge < -0.3 is 30.9 Å².